The molecule has 166 valence electrons. The lowest BCUT2D eigenvalue weighted by Crippen LogP contribution is -2.55. The van der Waals surface area contributed by atoms with Gasteiger partial charge in [0.05, 0.1) is 0 Å². The fourth-order valence-corrected chi connectivity index (χ4v) is 4.38. The van der Waals surface area contributed by atoms with E-state index in [4.69, 9.17) is 23.4 Å². The average Bonchev–Trinajstić information content (AvgIpc) is 3.12. The molecule has 0 radical (unpaired) electrons. The molecule has 0 saturated carbocycles. The van der Waals surface area contributed by atoms with Gasteiger partial charge in [-0.3, -0.25) is 14.4 Å². The lowest BCUT2D eigenvalue weighted by Gasteiger charge is -2.40. The largest absolute Gasteiger partial charge is 0.473 e. The molecule has 0 spiro atoms. The summed E-state index contributed by atoms with van der Waals surface area (Å²) in [5.41, 5.74) is -0.275. The molecule has 1 saturated heterocycles. The fraction of sp³-hybridized carbons (Fsp3) is 0.429. The lowest BCUT2D eigenvalue weighted by molar-refractivity contribution is -0.186. The third-order valence-corrected chi connectivity index (χ3v) is 5.51. The fourth-order valence-electron chi connectivity index (χ4n) is 3.17. The summed E-state index contributed by atoms with van der Waals surface area (Å²) >= 11 is 1.27. The highest BCUT2D eigenvalue weighted by Crippen LogP contribution is 2.37. The SMILES string of the molecule is CC(=O)O[C@@H]1[C@@H](OC(C)=O)[C@H](OC(C)=O)CS[C@H]1Oc1cccnc1-c1ccc(C)o1. The molecule has 9 nitrogen and oxygen atoms in total. The molecule has 10 heteroatoms. The number of aryl methyl sites for hydroxylation is 1. The van der Waals surface area contributed by atoms with Gasteiger partial charge in [-0.05, 0) is 31.2 Å². The van der Waals surface area contributed by atoms with Crippen LogP contribution in [-0.4, -0.2) is 52.4 Å². The zero-order valence-electron chi connectivity index (χ0n) is 17.5. The van der Waals surface area contributed by atoms with E-state index in [2.05, 4.69) is 4.98 Å². The number of hydrogen-bond donors (Lipinski definition) is 0. The molecule has 0 unspecified atom stereocenters. The van der Waals surface area contributed by atoms with E-state index in [1.165, 1.54) is 32.5 Å². The molecule has 0 amide bonds. The van der Waals surface area contributed by atoms with Crippen molar-refractivity contribution in [2.75, 3.05) is 5.75 Å². The summed E-state index contributed by atoms with van der Waals surface area (Å²) in [6.07, 6.45) is -1.23. The van der Waals surface area contributed by atoms with Gasteiger partial charge in [0.25, 0.3) is 0 Å². The molecule has 0 aromatic carbocycles. The van der Waals surface area contributed by atoms with Crippen LogP contribution in [0.3, 0.4) is 0 Å². The summed E-state index contributed by atoms with van der Waals surface area (Å²) in [6.45, 7) is 5.54. The van der Waals surface area contributed by atoms with Crippen molar-refractivity contribution in [2.45, 2.75) is 51.4 Å². The summed E-state index contributed by atoms with van der Waals surface area (Å²) < 4.78 is 28.0. The summed E-state index contributed by atoms with van der Waals surface area (Å²) in [5, 5.41) is 0. The van der Waals surface area contributed by atoms with Crippen molar-refractivity contribution < 1.29 is 37.7 Å². The molecule has 1 aliphatic rings. The minimum absolute atomic E-state index is 0.273. The van der Waals surface area contributed by atoms with E-state index in [0.29, 0.717) is 17.2 Å². The monoisotopic (exact) mass is 449 g/mol. The second-order valence-electron chi connectivity index (χ2n) is 6.88. The number of hydrogen-bond acceptors (Lipinski definition) is 10. The Morgan fingerprint density at radius 2 is 1.68 bits per heavy atom. The first-order chi connectivity index (χ1) is 14.7. The molecule has 3 rings (SSSR count). The number of aromatic nitrogens is 1. The normalized spacial score (nSPS) is 23.0. The summed E-state index contributed by atoms with van der Waals surface area (Å²) in [6, 6.07) is 7.00. The Labute approximate surface area is 183 Å². The van der Waals surface area contributed by atoms with Crippen molar-refractivity contribution in [3.8, 4) is 17.2 Å². The van der Waals surface area contributed by atoms with E-state index in [0.717, 1.165) is 5.76 Å². The minimum atomic E-state index is -1.03. The van der Waals surface area contributed by atoms with Crippen LogP contribution in [-0.2, 0) is 28.6 Å². The highest BCUT2D eigenvalue weighted by Gasteiger charge is 2.47. The van der Waals surface area contributed by atoms with Crippen LogP contribution >= 0.6 is 11.8 Å². The first-order valence-corrected chi connectivity index (χ1v) is 10.6. The predicted octanol–water partition coefficient (Wildman–Crippen LogP) is 2.90. The first kappa shape index (κ1) is 22.7. The Morgan fingerprint density at radius 1 is 1.00 bits per heavy atom. The summed E-state index contributed by atoms with van der Waals surface area (Å²) in [5.74, 6) is 0.189. The standard InChI is InChI=1S/C21H23NO8S/c1-11-7-8-16(26-11)18-15(6-5-9-22-18)30-21-20(29-14(4)25)19(28-13(3)24)17(10-31-21)27-12(2)23/h5-9,17,19-21H,10H2,1-4H3/t17-,19+,20-,21-/m1/s1. The van der Waals surface area contributed by atoms with Crippen LogP contribution in [0.5, 0.6) is 5.75 Å². The van der Waals surface area contributed by atoms with Gasteiger partial charge in [-0.1, -0.05) is 0 Å². The van der Waals surface area contributed by atoms with Crippen molar-refractivity contribution in [3.63, 3.8) is 0 Å². The van der Waals surface area contributed by atoms with Gasteiger partial charge >= 0.3 is 17.9 Å². The Morgan fingerprint density at radius 3 is 2.29 bits per heavy atom. The molecule has 1 aliphatic heterocycles. The van der Waals surface area contributed by atoms with Crippen molar-refractivity contribution in [3.05, 3.63) is 36.2 Å². The summed E-state index contributed by atoms with van der Waals surface area (Å²) in [7, 11) is 0. The zero-order valence-corrected chi connectivity index (χ0v) is 18.3. The quantitative estimate of drug-likeness (QED) is 0.482. The molecule has 0 bridgehead atoms. The van der Waals surface area contributed by atoms with Crippen molar-refractivity contribution in [1.29, 1.82) is 0 Å². The molecule has 4 atom stereocenters. The second-order valence-corrected chi connectivity index (χ2v) is 8.01. The molecule has 2 aromatic heterocycles. The molecular weight excluding hydrogens is 426 g/mol. The number of thioether (sulfide) groups is 1. The number of pyridine rings is 1. The Kier molecular flexibility index (Phi) is 7.21. The van der Waals surface area contributed by atoms with E-state index in [9.17, 15) is 14.4 Å². The first-order valence-electron chi connectivity index (χ1n) is 9.56. The highest BCUT2D eigenvalue weighted by atomic mass is 32.2. The average molecular weight is 449 g/mol. The maximum Gasteiger partial charge on any atom is 0.303 e. The van der Waals surface area contributed by atoms with E-state index in [-0.39, 0.29) is 5.75 Å². The molecular formula is C21H23NO8S. The smallest absolute Gasteiger partial charge is 0.303 e. The van der Waals surface area contributed by atoms with Crippen LogP contribution in [0.1, 0.15) is 26.5 Å². The van der Waals surface area contributed by atoms with E-state index < -0.39 is 41.7 Å². The predicted molar refractivity (Wildman–Crippen MR) is 110 cm³/mol. The molecule has 31 heavy (non-hydrogen) atoms. The second kappa shape index (κ2) is 9.86. The van der Waals surface area contributed by atoms with Crippen LogP contribution < -0.4 is 4.74 Å². The third-order valence-electron chi connectivity index (χ3n) is 4.29. The van der Waals surface area contributed by atoms with Gasteiger partial charge in [-0.15, -0.1) is 11.8 Å². The molecule has 3 heterocycles. The van der Waals surface area contributed by atoms with Crippen molar-refractivity contribution >= 4 is 29.7 Å². The van der Waals surface area contributed by atoms with Crippen LogP contribution in [0, 0.1) is 6.92 Å². The van der Waals surface area contributed by atoms with Gasteiger partial charge in [-0.25, -0.2) is 4.98 Å². The van der Waals surface area contributed by atoms with Gasteiger partial charge in [0, 0.05) is 32.7 Å². The van der Waals surface area contributed by atoms with Crippen molar-refractivity contribution in [2.24, 2.45) is 0 Å². The number of ether oxygens (including phenoxy) is 4. The number of rotatable bonds is 6. The van der Waals surface area contributed by atoms with Crippen LogP contribution in [0.4, 0.5) is 0 Å². The minimum Gasteiger partial charge on any atom is -0.473 e. The number of esters is 3. The van der Waals surface area contributed by atoms with Gasteiger partial charge < -0.3 is 23.4 Å². The van der Waals surface area contributed by atoms with E-state index >= 15 is 0 Å². The van der Waals surface area contributed by atoms with Crippen LogP contribution in [0.15, 0.2) is 34.9 Å². The van der Waals surface area contributed by atoms with Gasteiger partial charge in [0.1, 0.15) is 11.5 Å². The highest BCUT2D eigenvalue weighted by molar-refractivity contribution is 7.99. The third kappa shape index (κ3) is 5.78. The molecule has 2 aromatic rings. The molecule has 0 aliphatic carbocycles. The maximum absolute atomic E-state index is 11.8. The topological polar surface area (TPSA) is 114 Å². The van der Waals surface area contributed by atoms with E-state index in [1.807, 2.05) is 13.0 Å². The molecule has 0 N–H and O–H groups in total. The Bertz CT molecular complexity index is 958. The van der Waals surface area contributed by atoms with Gasteiger partial charge in [0.2, 0.25) is 0 Å². The Balaban J connectivity index is 1.92. The van der Waals surface area contributed by atoms with E-state index in [1.54, 1.807) is 24.4 Å². The number of carbonyl (C=O) groups is 3. The summed E-state index contributed by atoms with van der Waals surface area (Å²) in [4.78, 5) is 39.4. The number of carbonyl (C=O) groups excluding carboxylic acids is 3. The zero-order chi connectivity index (χ0) is 22.5. The maximum atomic E-state index is 11.8. The number of furan rings is 1. The van der Waals surface area contributed by atoms with Crippen molar-refractivity contribution in [1.82, 2.24) is 4.98 Å². The molecule has 1 fully saturated rings. The van der Waals surface area contributed by atoms with Gasteiger partial charge in [-0.2, -0.15) is 0 Å². The van der Waals surface area contributed by atoms with Crippen LogP contribution in [0.2, 0.25) is 0 Å². The number of nitrogens with zero attached hydrogens (tertiary/aromatic N) is 1. The Hall–Kier alpha value is -3.01. The van der Waals surface area contributed by atoms with Gasteiger partial charge in [0.15, 0.2) is 35.3 Å². The van der Waals surface area contributed by atoms with Crippen LogP contribution in [0.25, 0.3) is 11.5 Å². The lowest BCUT2D eigenvalue weighted by atomic mass is 10.1.